The Hall–Kier alpha value is -0.330. The van der Waals surface area contributed by atoms with Gasteiger partial charge >= 0.3 is 0 Å². The molecule has 0 bridgehead atoms. The molecule has 1 rings (SSSR count). The van der Waals surface area contributed by atoms with E-state index in [1.165, 1.54) is 0 Å². The highest BCUT2D eigenvalue weighted by atomic mass is 127. The summed E-state index contributed by atoms with van der Waals surface area (Å²) < 4.78 is 17.2. The van der Waals surface area contributed by atoms with E-state index in [0.29, 0.717) is 13.2 Å². The third-order valence-corrected chi connectivity index (χ3v) is 3.16. The van der Waals surface area contributed by atoms with Crippen molar-refractivity contribution in [1.82, 2.24) is 0 Å². The zero-order chi connectivity index (χ0) is 12.5. The Balaban J connectivity index is 2.53. The van der Waals surface area contributed by atoms with Crippen molar-refractivity contribution in [2.45, 2.75) is 13.0 Å². The van der Waals surface area contributed by atoms with Crippen molar-refractivity contribution in [3.8, 4) is 5.75 Å². The van der Waals surface area contributed by atoms with Crippen LogP contribution >= 0.6 is 22.6 Å². The van der Waals surface area contributed by atoms with E-state index in [1.807, 2.05) is 25.1 Å². The number of benzene rings is 1. The van der Waals surface area contributed by atoms with Crippen LogP contribution in [0.25, 0.3) is 0 Å². The van der Waals surface area contributed by atoms with Crippen LogP contribution in [0.2, 0.25) is 0 Å². The average Bonchev–Trinajstić information content (AvgIpc) is 2.39. The summed E-state index contributed by atoms with van der Waals surface area (Å²) in [5, 5.41) is 0. The molecule has 0 saturated carbocycles. The molecule has 0 saturated heterocycles. The fourth-order valence-electron chi connectivity index (χ4n) is 1.47. The van der Waals surface area contributed by atoms with E-state index in [1.54, 1.807) is 7.11 Å². The Morgan fingerprint density at radius 2 is 2.12 bits per heavy atom. The Morgan fingerprint density at radius 1 is 1.29 bits per heavy atom. The molecule has 0 aromatic heterocycles. The molecule has 0 aliphatic carbocycles. The lowest BCUT2D eigenvalue weighted by atomic mass is 10.1. The van der Waals surface area contributed by atoms with Gasteiger partial charge in [0.1, 0.15) is 5.75 Å². The van der Waals surface area contributed by atoms with Crippen LogP contribution in [0.4, 0.5) is 0 Å². The maximum Gasteiger partial charge on any atom is 0.119 e. The fourth-order valence-corrected chi connectivity index (χ4v) is 2.23. The van der Waals surface area contributed by atoms with Crippen LogP contribution in [0, 0.1) is 0 Å². The molecular formula is C13H19IO3. The van der Waals surface area contributed by atoms with Gasteiger partial charge in [0.2, 0.25) is 0 Å². The van der Waals surface area contributed by atoms with Crippen molar-refractivity contribution in [2.24, 2.45) is 0 Å². The average molecular weight is 350 g/mol. The molecule has 4 heteroatoms. The van der Waals surface area contributed by atoms with Crippen LogP contribution in [0.3, 0.4) is 0 Å². The fraction of sp³-hybridized carbons (Fsp3) is 0.538. The minimum atomic E-state index is 0.103. The van der Waals surface area contributed by atoms with Gasteiger partial charge in [-0.1, -0.05) is 34.7 Å². The van der Waals surface area contributed by atoms with Crippen molar-refractivity contribution in [3.05, 3.63) is 29.8 Å². The van der Waals surface area contributed by atoms with Crippen LogP contribution in [0.1, 0.15) is 18.6 Å². The highest BCUT2D eigenvalue weighted by Crippen LogP contribution is 2.23. The van der Waals surface area contributed by atoms with Crippen LogP contribution in [0.15, 0.2) is 24.3 Å². The van der Waals surface area contributed by atoms with Gasteiger partial charge in [-0.3, -0.25) is 0 Å². The lowest BCUT2D eigenvalue weighted by Gasteiger charge is -2.16. The molecule has 96 valence electrons. The molecule has 0 aliphatic rings. The molecule has 1 atom stereocenters. The first-order chi connectivity index (χ1) is 8.31. The first-order valence-corrected chi connectivity index (χ1v) is 7.23. The zero-order valence-electron chi connectivity index (χ0n) is 10.3. The van der Waals surface area contributed by atoms with E-state index in [4.69, 9.17) is 14.2 Å². The summed E-state index contributed by atoms with van der Waals surface area (Å²) >= 11 is 2.33. The van der Waals surface area contributed by atoms with Gasteiger partial charge in [0, 0.05) is 11.0 Å². The Bertz CT molecular complexity index is 317. The normalized spacial score (nSPS) is 12.4. The molecule has 3 nitrogen and oxygen atoms in total. The van der Waals surface area contributed by atoms with Gasteiger partial charge in [-0.2, -0.15) is 0 Å². The maximum atomic E-state index is 5.79. The number of methoxy groups -OCH3 is 1. The van der Waals surface area contributed by atoms with Gasteiger partial charge in [0.05, 0.1) is 26.4 Å². The van der Waals surface area contributed by atoms with E-state index in [-0.39, 0.29) is 6.10 Å². The summed E-state index contributed by atoms with van der Waals surface area (Å²) in [7, 11) is 1.67. The van der Waals surface area contributed by atoms with E-state index in [9.17, 15) is 0 Å². The van der Waals surface area contributed by atoms with E-state index in [0.717, 1.165) is 22.3 Å². The second kappa shape index (κ2) is 8.72. The van der Waals surface area contributed by atoms with Crippen molar-refractivity contribution in [2.75, 3.05) is 31.4 Å². The molecule has 0 spiro atoms. The Labute approximate surface area is 117 Å². The van der Waals surface area contributed by atoms with Crippen molar-refractivity contribution >= 4 is 22.6 Å². The Kier molecular flexibility index (Phi) is 7.55. The summed E-state index contributed by atoms with van der Waals surface area (Å²) in [5.74, 6) is 0.866. The van der Waals surface area contributed by atoms with Crippen LogP contribution < -0.4 is 4.74 Å². The Morgan fingerprint density at radius 3 is 2.76 bits per heavy atom. The number of hydrogen-bond donors (Lipinski definition) is 0. The molecule has 0 amide bonds. The number of alkyl halides is 1. The minimum absolute atomic E-state index is 0.103. The summed E-state index contributed by atoms with van der Waals surface area (Å²) in [5.41, 5.74) is 1.15. The number of hydrogen-bond acceptors (Lipinski definition) is 3. The van der Waals surface area contributed by atoms with Crippen LogP contribution in [0.5, 0.6) is 5.75 Å². The molecule has 0 heterocycles. The van der Waals surface area contributed by atoms with Crippen LogP contribution in [-0.2, 0) is 9.47 Å². The highest BCUT2D eigenvalue weighted by Gasteiger charge is 2.10. The molecule has 1 aromatic rings. The third kappa shape index (κ3) is 5.23. The van der Waals surface area contributed by atoms with E-state index >= 15 is 0 Å². The minimum Gasteiger partial charge on any atom is -0.497 e. The van der Waals surface area contributed by atoms with Crippen molar-refractivity contribution < 1.29 is 14.2 Å². The smallest absolute Gasteiger partial charge is 0.119 e. The first-order valence-electron chi connectivity index (χ1n) is 5.71. The van der Waals surface area contributed by atoms with Gasteiger partial charge in [0.25, 0.3) is 0 Å². The second-order valence-corrected chi connectivity index (χ2v) is 4.37. The highest BCUT2D eigenvalue weighted by molar-refractivity contribution is 14.1. The van der Waals surface area contributed by atoms with Crippen LogP contribution in [-0.4, -0.2) is 31.4 Å². The van der Waals surface area contributed by atoms with Gasteiger partial charge in [0.15, 0.2) is 0 Å². The SMILES string of the molecule is CCOCCOC(CI)c1cccc(OC)c1. The van der Waals surface area contributed by atoms with Crippen molar-refractivity contribution in [3.63, 3.8) is 0 Å². The van der Waals surface area contributed by atoms with Gasteiger partial charge in [-0.15, -0.1) is 0 Å². The molecule has 0 radical (unpaired) electrons. The molecule has 17 heavy (non-hydrogen) atoms. The van der Waals surface area contributed by atoms with Gasteiger partial charge in [-0.25, -0.2) is 0 Å². The molecule has 0 N–H and O–H groups in total. The summed E-state index contributed by atoms with van der Waals surface area (Å²) in [6.07, 6.45) is 0.103. The predicted molar refractivity (Wildman–Crippen MR) is 77.1 cm³/mol. The molecular weight excluding hydrogens is 331 g/mol. The third-order valence-electron chi connectivity index (χ3n) is 2.36. The van der Waals surface area contributed by atoms with E-state index < -0.39 is 0 Å². The summed E-state index contributed by atoms with van der Waals surface area (Å²) in [6, 6.07) is 8.00. The predicted octanol–water partition coefficient (Wildman–Crippen LogP) is 3.22. The maximum absolute atomic E-state index is 5.79. The quantitative estimate of drug-likeness (QED) is 0.409. The monoisotopic (exact) mass is 350 g/mol. The number of ether oxygens (including phenoxy) is 3. The molecule has 0 fully saturated rings. The topological polar surface area (TPSA) is 27.7 Å². The van der Waals surface area contributed by atoms with Gasteiger partial charge < -0.3 is 14.2 Å². The lowest BCUT2D eigenvalue weighted by Crippen LogP contribution is -2.11. The number of halogens is 1. The number of rotatable bonds is 8. The second-order valence-electron chi connectivity index (χ2n) is 3.49. The van der Waals surface area contributed by atoms with E-state index in [2.05, 4.69) is 28.7 Å². The molecule has 1 aromatic carbocycles. The van der Waals surface area contributed by atoms with Crippen molar-refractivity contribution in [1.29, 1.82) is 0 Å². The molecule has 1 unspecified atom stereocenters. The van der Waals surface area contributed by atoms with Gasteiger partial charge in [-0.05, 0) is 24.6 Å². The molecule has 0 aliphatic heterocycles. The summed E-state index contributed by atoms with van der Waals surface area (Å²) in [4.78, 5) is 0. The first kappa shape index (κ1) is 14.7. The summed E-state index contributed by atoms with van der Waals surface area (Å²) in [6.45, 7) is 3.99. The lowest BCUT2D eigenvalue weighted by molar-refractivity contribution is 0.0177. The zero-order valence-corrected chi connectivity index (χ0v) is 12.5. The standard InChI is InChI=1S/C13H19IO3/c1-3-16-7-8-17-13(10-14)11-5-4-6-12(9-11)15-2/h4-6,9,13H,3,7-8,10H2,1-2H3. The largest absolute Gasteiger partial charge is 0.497 e.